The van der Waals surface area contributed by atoms with Gasteiger partial charge >= 0.3 is 0 Å². The fraction of sp³-hybridized carbons (Fsp3) is 1.00. The monoisotopic (exact) mass is 237 g/mol. The van der Waals surface area contributed by atoms with Gasteiger partial charge in [-0.15, -0.1) is 0 Å². The highest BCUT2D eigenvalue weighted by atomic mass is 15.1. The first-order valence-electron chi connectivity index (χ1n) is 7.78. The second-order valence-electron chi connectivity index (χ2n) is 7.04. The normalized spacial score (nSPS) is 37.1. The van der Waals surface area contributed by atoms with Gasteiger partial charge in [-0.25, -0.2) is 0 Å². The Morgan fingerprint density at radius 2 is 1.53 bits per heavy atom. The zero-order valence-electron chi connectivity index (χ0n) is 12.2. The zero-order valence-corrected chi connectivity index (χ0v) is 12.2. The Morgan fingerprint density at radius 1 is 0.824 bits per heavy atom. The van der Waals surface area contributed by atoms with Crippen molar-refractivity contribution >= 4 is 0 Å². The van der Waals surface area contributed by atoms with Crippen molar-refractivity contribution in [2.24, 2.45) is 11.3 Å². The first-order valence-corrected chi connectivity index (χ1v) is 7.78. The summed E-state index contributed by atoms with van der Waals surface area (Å²) in [5, 5.41) is 0. The summed E-state index contributed by atoms with van der Waals surface area (Å²) < 4.78 is 0. The topological polar surface area (TPSA) is 3.24 Å². The molecular formula is C16H31N. The van der Waals surface area contributed by atoms with Crippen LogP contribution in [0, 0.1) is 11.3 Å². The first kappa shape index (κ1) is 13.4. The lowest BCUT2D eigenvalue weighted by molar-refractivity contribution is 0.113. The number of hydrogen-bond acceptors (Lipinski definition) is 1. The van der Waals surface area contributed by atoms with Gasteiger partial charge in [-0.2, -0.15) is 0 Å². The summed E-state index contributed by atoms with van der Waals surface area (Å²) in [6.07, 6.45) is 14.8. The van der Waals surface area contributed by atoms with E-state index < -0.39 is 0 Å². The van der Waals surface area contributed by atoms with Gasteiger partial charge < -0.3 is 4.90 Å². The van der Waals surface area contributed by atoms with Crippen LogP contribution in [0.4, 0.5) is 0 Å². The third-order valence-corrected chi connectivity index (χ3v) is 5.65. The lowest BCUT2D eigenvalue weighted by atomic mass is 9.66. The largest absolute Gasteiger partial charge is 0.306 e. The molecule has 0 aromatic rings. The molecule has 0 bridgehead atoms. The molecule has 2 atom stereocenters. The lowest BCUT2D eigenvalue weighted by Gasteiger charge is -2.40. The van der Waals surface area contributed by atoms with E-state index in [1.165, 1.54) is 64.2 Å². The van der Waals surface area contributed by atoms with E-state index in [1.54, 1.807) is 0 Å². The van der Waals surface area contributed by atoms with Gasteiger partial charge in [-0.1, -0.05) is 32.6 Å². The second-order valence-corrected chi connectivity index (χ2v) is 7.04. The molecule has 2 saturated carbocycles. The van der Waals surface area contributed by atoms with Crippen molar-refractivity contribution in [3.8, 4) is 0 Å². The molecule has 2 fully saturated rings. The lowest BCUT2D eigenvalue weighted by Crippen LogP contribution is -2.30. The molecule has 100 valence electrons. The molecule has 0 N–H and O–H groups in total. The van der Waals surface area contributed by atoms with Crippen LogP contribution in [0.15, 0.2) is 0 Å². The van der Waals surface area contributed by atoms with Crippen LogP contribution in [0.5, 0.6) is 0 Å². The molecule has 0 aromatic carbocycles. The van der Waals surface area contributed by atoms with E-state index in [-0.39, 0.29) is 0 Å². The highest BCUT2D eigenvalue weighted by Crippen LogP contribution is 2.47. The van der Waals surface area contributed by atoms with Crippen LogP contribution >= 0.6 is 0 Å². The predicted octanol–water partition coefficient (Wildman–Crippen LogP) is 4.47. The van der Waals surface area contributed by atoms with Crippen molar-refractivity contribution < 1.29 is 0 Å². The molecule has 0 aromatic heterocycles. The summed E-state index contributed by atoms with van der Waals surface area (Å²) in [4.78, 5) is 2.45. The maximum Gasteiger partial charge on any atom is 0.00893 e. The van der Waals surface area contributed by atoms with Crippen LogP contribution < -0.4 is 0 Å². The van der Waals surface area contributed by atoms with Gasteiger partial charge in [-0.05, 0) is 64.0 Å². The summed E-state index contributed by atoms with van der Waals surface area (Å²) in [6, 6.07) is 0.848. The minimum Gasteiger partial charge on any atom is -0.306 e. The molecule has 1 heteroatoms. The maximum atomic E-state index is 2.60. The van der Waals surface area contributed by atoms with E-state index in [0.717, 1.165) is 12.0 Å². The van der Waals surface area contributed by atoms with E-state index in [9.17, 15) is 0 Å². The molecular weight excluding hydrogens is 206 g/mol. The van der Waals surface area contributed by atoms with Crippen LogP contribution in [-0.4, -0.2) is 25.0 Å². The Hall–Kier alpha value is -0.0400. The SMILES string of the molecule is CN(C)C1CCCC(C)(C2CCCCC2)CC1. The van der Waals surface area contributed by atoms with Gasteiger partial charge in [0.1, 0.15) is 0 Å². The Kier molecular flexibility index (Phi) is 4.52. The average molecular weight is 237 g/mol. The van der Waals surface area contributed by atoms with Crippen molar-refractivity contribution in [1.29, 1.82) is 0 Å². The smallest absolute Gasteiger partial charge is 0.00893 e. The fourth-order valence-electron chi connectivity index (χ4n) is 4.23. The van der Waals surface area contributed by atoms with Gasteiger partial charge in [-0.3, -0.25) is 0 Å². The van der Waals surface area contributed by atoms with Gasteiger partial charge in [0.2, 0.25) is 0 Å². The van der Waals surface area contributed by atoms with Crippen molar-refractivity contribution in [3.05, 3.63) is 0 Å². The highest BCUT2D eigenvalue weighted by molar-refractivity contribution is 4.88. The van der Waals surface area contributed by atoms with Crippen molar-refractivity contribution in [2.75, 3.05) is 14.1 Å². The molecule has 0 spiro atoms. The molecule has 0 aliphatic heterocycles. The Bertz CT molecular complexity index is 230. The summed E-state index contributed by atoms with van der Waals surface area (Å²) >= 11 is 0. The Labute approximate surface area is 108 Å². The molecule has 2 unspecified atom stereocenters. The van der Waals surface area contributed by atoms with Crippen LogP contribution in [0.3, 0.4) is 0 Å². The molecule has 2 aliphatic rings. The quantitative estimate of drug-likeness (QED) is 0.641. The minimum atomic E-state index is 0.672. The molecule has 1 nitrogen and oxygen atoms in total. The van der Waals surface area contributed by atoms with Gasteiger partial charge in [0.15, 0.2) is 0 Å². The van der Waals surface area contributed by atoms with Gasteiger partial charge in [0, 0.05) is 6.04 Å². The molecule has 0 amide bonds. The molecule has 2 aliphatic carbocycles. The summed E-state index contributed by atoms with van der Waals surface area (Å²) in [5.41, 5.74) is 0.672. The minimum absolute atomic E-state index is 0.672. The van der Waals surface area contributed by atoms with E-state index in [0.29, 0.717) is 5.41 Å². The molecule has 0 heterocycles. The average Bonchev–Trinajstić information content (AvgIpc) is 2.54. The third-order valence-electron chi connectivity index (χ3n) is 5.65. The summed E-state index contributed by atoms with van der Waals surface area (Å²) in [6.45, 7) is 2.60. The van der Waals surface area contributed by atoms with Crippen molar-refractivity contribution in [1.82, 2.24) is 4.90 Å². The number of hydrogen-bond donors (Lipinski definition) is 0. The molecule has 0 radical (unpaired) electrons. The highest BCUT2D eigenvalue weighted by Gasteiger charge is 2.36. The van der Waals surface area contributed by atoms with Crippen LogP contribution in [0.2, 0.25) is 0 Å². The van der Waals surface area contributed by atoms with Crippen LogP contribution in [-0.2, 0) is 0 Å². The fourth-order valence-corrected chi connectivity index (χ4v) is 4.23. The number of rotatable bonds is 2. The maximum absolute atomic E-state index is 2.60. The molecule has 17 heavy (non-hydrogen) atoms. The van der Waals surface area contributed by atoms with Crippen molar-refractivity contribution in [3.63, 3.8) is 0 Å². The Morgan fingerprint density at radius 3 is 2.18 bits per heavy atom. The second kappa shape index (κ2) is 5.73. The molecule has 2 rings (SSSR count). The number of nitrogens with zero attached hydrogens (tertiary/aromatic N) is 1. The van der Waals surface area contributed by atoms with Gasteiger partial charge in [0.25, 0.3) is 0 Å². The summed E-state index contributed by atoms with van der Waals surface area (Å²) in [5.74, 6) is 1.04. The third kappa shape index (κ3) is 3.24. The van der Waals surface area contributed by atoms with Crippen molar-refractivity contribution in [2.45, 2.75) is 77.2 Å². The van der Waals surface area contributed by atoms with E-state index in [1.807, 2.05) is 0 Å². The van der Waals surface area contributed by atoms with Crippen LogP contribution in [0.25, 0.3) is 0 Å². The Balaban J connectivity index is 1.95. The summed E-state index contributed by atoms with van der Waals surface area (Å²) in [7, 11) is 4.52. The molecule has 0 saturated heterocycles. The standard InChI is InChI=1S/C16H31N/c1-16(14-8-5-4-6-9-14)12-7-10-15(11-13-16)17(2)3/h14-15H,4-13H2,1-3H3. The van der Waals surface area contributed by atoms with E-state index in [4.69, 9.17) is 0 Å². The first-order chi connectivity index (χ1) is 8.12. The zero-order chi connectivity index (χ0) is 12.3. The van der Waals surface area contributed by atoms with Gasteiger partial charge in [0.05, 0.1) is 0 Å². The predicted molar refractivity (Wildman–Crippen MR) is 75.2 cm³/mol. The van der Waals surface area contributed by atoms with E-state index >= 15 is 0 Å². The van der Waals surface area contributed by atoms with Crippen LogP contribution in [0.1, 0.15) is 71.1 Å². The van der Waals surface area contributed by atoms with E-state index in [2.05, 4.69) is 25.9 Å².